The zero-order valence-corrected chi connectivity index (χ0v) is 12.3. The summed E-state index contributed by atoms with van der Waals surface area (Å²) in [7, 11) is 0. The van der Waals surface area contributed by atoms with Crippen LogP contribution in [0.4, 0.5) is 5.00 Å². The molecule has 0 spiro atoms. The highest BCUT2D eigenvalue weighted by molar-refractivity contribution is 7.18. The normalized spacial score (nSPS) is 22.6. The van der Waals surface area contributed by atoms with Gasteiger partial charge in [-0.15, -0.1) is 11.3 Å². The smallest absolute Gasteiger partial charge is 0.264 e. The van der Waals surface area contributed by atoms with E-state index in [1.165, 1.54) is 18.3 Å². The summed E-state index contributed by atoms with van der Waals surface area (Å²) in [6.45, 7) is 4.08. The van der Waals surface area contributed by atoms with E-state index in [1.54, 1.807) is 17.0 Å². The SMILES string of the molecule is CC(=O)Nc1ccc(C(=O)N2CC(C)OC(CO)C2)s1. The van der Waals surface area contributed by atoms with Crippen LogP contribution in [0.5, 0.6) is 0 Å². The number of nitrogens with zero attached hydrogens (tertiary/aromatic N) is 1. The van der Waals surface area contributed by atoms with Crippen LogP contribution in [-0.2, 0) is 9.53 Å². The number of morpholine rings is 1. The van der Waals surface area contributed by atoms with Gasteiger partial charge in [0.2, 0.25) is 5.91 Å². The van der Waals surface area contributed by atoms with Crippen LogP contribution in [-0.4, -0.2) is 53.7 Å². The number of carbonyl (C=O) groups excluding carboxylic acids is 2. The van der Waals surface area contributed by atoms with Crippen molar-refractivity contribution in [1.82, 2.24) is 4.90 Å². The first-order valence-electron chi connectivity index (χ1n) is 6.42. The van der Waals surface area contributed by atoms with Crippen molar-refractivity contribution in [1.29, 1.82) is 0 Å². The Labute approximate surface area is 121 Å². The maximum atomic E-state index is 12.4. The molecule has 2 rings (SSSR count). The van der Waals surface area contributed by atoms with Gasteiger partial charge in [-0.05, 0) is 19.1 Å². The predicted octanol–water partition coefficient (Wildman–Crippen LogP) is 0.928. The van der Waals surface area contributed by atoms with E-state index in [-0.39, 0.29) is 30.6 Å². The summed E-state index contributed by atoms with van der Waals surface area (Å²) >= 11 is 1.25. The van der Waals surface area contributed by atoms with Gasteiger partial charge in [0.25, 0.3) is 5.91 Å². The maximum absolute atomic E-state index is 12.4. The van der Waals surface area contributed by atoms with E-state index < -0.39 is 0 Å². The molecule has 2 atom stereocenters. The van der Waals surface area contributed by atoms with Crippen molar-refractivity contribution in [2.45, 2.75) is 26.1 Å². The number of hydrogen-bond acceptors (Lipinski definition) is 5. The third-order valence-corrected chi connectivity index (χ3v) is 3.92. The maximum Gasteiger partial charge on any atom is 0.264 e. The number of thiophene rings is 1. The van der Waals surface area contributed by atoms with E-state index in [4.69, 9.17) is 4.74 Å². The van der Waals surface area contributed by atoms with E-state index in [2.05, 4.69) is 5.32 Å². The Morgan fingerprint density at radius 3 is 2.90 bits per heavy atom. The Balaban J connectivity index is 2.06. The second-order valence-corrected chi connectivity index (χ2v) is 5.89. The van der Waals surface area contributed by atoms with Crippen LogP contribution in [0.1, 0.15) is 23.5 Å². The lowest BCUT2D eigenvalue weighted by Crippen LogP contribution is -2.50. The van der Waals surface area contributed by atoms with Crippen molar-refractivity contribution in [3.63, 3.8) is 0 Å². The second-order valence-electron chi connectivity index (χ2n) is 4.81. The van der Waals surface area contributed by atoms with Crippen LogP contribution >= 0.6 is 11.3 Å². The average Bonchev–Trinajstić information content (AvgIpc) is 2.84. The number of rotatable bonds is 3. The fourth-order valence-corrected chi connectivity index (χ4v) is 3.08. The molecule has 2 unspecified atom stereocenters. The van der Waals surface area contributed by atoms with Gasteiger partial charge in [0, 0.05) is 20.0 Å². The number of nitrogens with one attached hydrogen (secondary N) is 1. The van der Waals surface area contributed by atoms with Gasteiger partial charge < -0.3 is 20.1 Å². The van der Waals surface area contributed by atoms with Crippen LogP contribution in [0.3, 0.4) is 0 Å². The molecule has 7 heteroatoms. The molecule has 0 aliphatic carbocycles. The molecule has 1 aromatic rings. The molecule has 1 aromatic heterocycles. The van der Waals surface area contributed by atoms with Crippen LogP contribution in [0.2, 0.25) is 0 Å². The number of hydrogen-bond donors (Lipinski definition) is 2. The molecule has 2 N–H and O–H groups in total. The number of amides is 2. The van der Waals surface area contributed by atoms with Crippen molar-refractivity contribution in [3.8, 4) is 0 Å². The van der Waals surface area contributed by atoms with Gasteiger partial charge in [0.15, 0.2) is 0 Å². The summed E-state index contributed by atoms with van der Waals surface area (Å²) in [5.41, 5.74) is 0. The molecular weight excluding hydrogens is 280 g/mol. The zero-order valence-electron chi connectivity index (χ0n) is 11.5. The summed E-state index contributed by atoms with van der Waals surface area (Å²) in [4.78, 5) is 25.6. The van der Waals surface area contributed by atoms with Gasteiger partial charge >= 0.3 is 0 Å². The summed E-state index contributed by atoms with van der Waals surface area (Å²) in [5, 5.41) is 12.5. The Morgan fingerprint density at radius 1 is 1.50 bits per heavy atom. The second kappa shape index (κ2) is 6.34. The lowest BCUT2D eigenvalue weighted by atomic mass is 10.2. The van der Waals surface area contributed by atoms with Crippen molar-refractivity contribution in [2.24, 2.45) is 0 Å². The molecule has 2 amide bonds. The Hall–Kier alpha value is -1.44. The summed E-state index contributed by atoms with van der Waals surface area (Å²) in [6.07, 6.45) is -0.433. The minimum Gasteiger partial charge on any atom is -0.394 e. The molecular formula is C13H18N2O4S. The Morgan fingerprint density at radius 2 is 2.25 bits per heavy atom. The predicted molar refractivity (Wildman–Crippen MR) is 75.9 cm³/mol. The van der Waals surface area contributed by atoms with Gasteiger partial charge in [0.05, 0.1) is 28.7 Å². The largest absolute Gasteiger partial charge is 0.394 e. The van der Waals surface area contributed by atoms with Crippen LogP contribution < -0.4 is 5.32 Å². The Kier molecular flexibility index (Phi) is 4.74. The fourth-order valence-electron chi connectivity index (χ4n) is 2.16. The molecule has 6 nitrogen and oxygen atoms in total. The fraction of sp³-hybridized carbons (Fsp3) is 0.538. The monoisotopic (exact) mass is 298 g/mol. The average molecular weight is 298 g/mol. The zero-order chi connectivity index (χ0) is 14.7. The van der Waals surface area contributed by atoms with Gasteiger partial charge in [-0.25, -0.2) is 0 Å². The first kappa shape index (κ1) is 15.0. The molecule has 2 heterocycles. The van der Waals surface area contributed by atoms with E-state index in [0.29, 0.717) is 23.0 Å². The summed E-state index contributed by atoms with van der Waals surface area (Å²) < 4.78 is 5.51. The molecule has 110 valence electrons. The van der Waals surface area contributed by atoms with Crippen molar-refractivity contribution in [2.75, 3.05) is 25.0 Å². The number of ether oxygens (including phenoxy) is 1. The topological polar surface area (TPSA) is 78.9 Å². The minimum absolute atomic E-state index is 0.0970. The number of carbonyl (C=O) groups is 2. The van der Waals surface area contributed by atoms with Crippen molar-refractivity contribution < 1.29 is 19.4 Å². The third kappa shape index (κ3) is 3.56. The summed E-state index contributed by atoms with van der Waals surface area (Å²) in [5.74, 6) is -0.258. The molecule has 1 aliphatic heterocycles. The highest BCUT2D eigenvalue weighted by Crippen LogP contribution is 2.24. The van der Waals surface area contributed by atoms with Gasteiger partial charge in [-0.2, -0.15) is 0 Å². The molecule has 1 fully saturated rings. The lowest BCUT2D eigenvalue weighted by molar-refractivity contribution is -0.114. The first-order valence-corrected chi connectivity index (χ1v) is 7.24. The van der Waals surface area contributed by atoms with Crippen molar-refractivity contribution in [3.05, 3.63) is 17.0 Å². The molecule has 0 bridgehead atoms. The Bertz CT molecular complexity index is 502. The van der Waals surface area contributed by atoms with E-state index in [0.717, 1.165) is 0 Å². The van der Waals surface area contributed by atoms with Crippen LogP contribution in [0.25, 0.3) is 0 Å². The summed E-state index contributed by atoms with van der Waals surface area (Å²) in [6, 6.07) is 3.42. The van der Waals surface area contributed by atoms with Gasteiger partial charge in [0.1, 0.15) is 0 Å². The standard InChI is InChI=1S/C13H18N2O4S/c1-8-5-15(6-10(7-16)19-8)13(18)11-3-4-12(20-11)14-9(2)17/h3-4,8,10,16H,5-7H2,1-2H3,(H,14,17). The van der Waals surface area contributed by atoms with E-state index in [9.17, 15) is 14.7 Å². The molecule has 1 aliphatic rings. The molecule has 0 aromatic carbocycles. The molecule has 0 saturated carbocycles. The van der Waals surface area contributed by atoms with E-state index >= 15 is 0 Å². The quantitative estimate of drug-likeness (QED) is 0.870. The minimum atomic E-state index is -0.336. The lowest BCUT2D eigenvalue weighted by Gasteiger charge is -2.35. The first-order chi connectivity index (χ1) is 9.49. The van der Waals surface area contributed by atoms with Gasteiger partial charge in [-0.1, -0.05) is 0 Å². The highest BCUT2D eigenvalue weighted by atomic mass is 32.1. The molecule has 1 saturated heterocycles. The van der Waals surface area contributed by atoms with Gasteiger partial charge in [-0.3, -0.25) is 9.59 Å². The number of anilines is 1. The van der Waals surface area contributed by atoms with Crippen LogP contribution in [0.15, 0.2) is 12.1 Å². The third-order valence-electron chi connectivity index (χ3n) is 2.93. The van der Waals surface area contributed by atoms with Crippen LogP contribution in [0, 0.1) is 0 Å². The van der Waals surface area contributed by atoms with E-state index in [1.807, 2.05) is 6.92 Å². The number of aliphatic hydroxyl groups is 1. The number of aliphatic hydroxyl groups excluding tert-OH is 1. The van der Waals surface area contributed by atoms with Crippen molar-refractivity contribution >= 4 is 28.2 Å². The molecule has 20 heavy (non-hydrogen) atoms. The molecule has 0 radical (unpaired) electrons. The highest BCUT2D eigenvalue weighted by Gasteiger charge is 2.29.